The van der Waals surface area contributed by atoms with Crippen LogP contribution in [0.25, 0.3) is 0 Å². The largest absolute Gasteiger partial charge is 0.481 e. The van der Waals surface area contributed by atoms with E-state index in [2.05, 4.69) is 45.7 Å². The lowest BCUT2D eigenvalue weighted by Gasteiger charge is -2.44. The van der Waals surface area contributed by atoms with Crippen LogP contribution < -0.4 is 0 Å². The number of hydrogen-bond donors (Lipinski definition) is 1. The van der Waals surface area contributed by atoms with E-state index in [-0.39, 0.29) is 35.0 Å². The van der Waals surface area contributed by atoms with Gasteiger partial charge in [-0.2, -0.15) is 0 Å². The van der Waals surface area contributed by atoms with Gasteiger partial charge in [-0.25, -0.2) is 4.39 Å². The van der Waals surface area contributed by atoms with Crippen molar-refractivity contribution < 1.29 is 19.1 Å². The second-order valence-corrected chi connectivity index (χ2v) is 11.2. The van der Waals surface area contributed by atoms with Crippen molar-refractivity contribution in [2.24, 2.45) is 11.8 Å². The van der Waals surface area contributed by atoms with Crippen LogP contribution >= 0.6 is 22.6 Å². The van der Waals surface area contributed by atoms with E-state index in [1.165, 1.54) is 26.8 Å². The molecule has 0 aromatic heterocycles. The topological polar surface area (TPSA) is 57.6 Å². The second kappa shape index (κ2) is 9.01. The van der Waals surface area contributed by atoms with Gasteiger partial charge in [-0.15, -0.1) is 0 Å². The summed E-state index contributed by atoms with van der Waals surface area (Å²) < 4.78 is 14.8. The summed E-state index contributed by atoms with van der Waals surface area (Å²) in [5.74, 6) is -1.14. The summed E-state index contributed by atoms with van der Waals surface area (Å²) in [6.07, 6.45) is 6.10. The number of hydrogen-bond acceptors (Lipinski definition) is 2. The van der Waals surface area contributed by atoms with Gasteiger partial charge >= 0.3 is 5.97 Å². The summed E-state index contributed by atoms with van der Waals surface area (Å²) in [5.41, 5.74) is 3.65. The molecule has 0 spiro atoms. The first-order valence-corrected chi connectivity index (χ1v) is 13.0. The third-order valence-corrected chi connectivity index (χ3v) is 8.92. The maximum absolute atomic E-state index is 13.7. The fourth-order valence-electron chi connectivity index (χ4n) is 6.59. The second-order valence-electron chi connectivity index (χ2n) is 9.98. The predicted octanol–water partition coefficient (Wildman–Crippen LogP) is 5.35. The molecule has 2 aromatic carbocycles. The summed E-state index contributed by atoms with van der Waals surface area (Å²) in [7, 11) is 0. The van der Waals surface area contributed by atoms with Gasteiger partial charge in [0.2, 0.25) is 5.91 Å². The third kappa shape index (κ3) is 4.19. The summed E-state index contributed by atoms with van der Waals surface area (Å²) in [5, 5.41) is 9.31. The lowest BCUT2D eigenvalue weighted by molar-refractivity contribution is -0.146. The molecule has 1 heterocycles. The number of carbonyl (C=O) groups is 2. The number of amides is 1. The molecule has 2 fully saturated rings. The first-order valence-electron chi connectivity index (χ1n) is 11.9. The predicted molar refractivity (Wildman–Crippen MR) is 132 cm³/mol. The van der Waals surface area contributed by atoms with Crippen molar-refractivity contribution in [3.8, 4) is 0 Å². The van der Waals surface area contributed by atoms with Crippen molar-refractivity contribution in [3.63, 3.8) is 0 Å². The van der Waals surface area contributed by atoms with Gasteiger partial charge in [0.25, 0.3) is 0 Å². The molecule has 0 unspecified atom stereocenters. The Hall–Kier alpha value is -1.96. The highest BCUT2D eigenvalue weighted by atomic mass is 127. The monoisotopic (exact) mass is 561 g/mol. The van der Waals surface area contributed by atoms with E-state index in [0.29, 0.717) is 25.7 Å². The van der Waals surface area contributed by atoms with Gasteiger partial charge in [0.05, 0.1) is 5.92 Å². The molecule has 33 heavy (non-hydrogen) atoms. The molecule has 174 valence electrons. The quantitative estimate of drug-likeness (QED) is 0.513. The smallest absolute Gasteiger partial charge is 0.306 e. The van der Waals surface area contributed by atoms with Gasteiger partial charge in [0, 0.05) is 27.5 Å². The van der Waals surface area contributed by atoms with Gasteiger partial charge in [-0.3, -0.25) is 9.59 Å². The Labute approximate surface area is 207 Å². The molecule has 1 saturated heterocycles. The van der Waals surface area contributed by atoms with E-state index < -0.39 is 5.97 Å². The van der Waals surface area contributed by atoms with E-state index in [4.69, 9.17) is 0 Å². The van der Waals surface area contributed by atoms with Gasteiger partial charge < -0.3 is 10.0 Å². The molecule has 4 nitrogen and oxygen atoms in total. The fourth-order valence-corrected chi connectivity index (χ4v) is 7.14. The van der Waals surface area contributed by atoms with E-state index in [1.807, 2.05) is 12.1 Å². The minimum absolute atomic E-state index is 0.0691. The Bertz CT molecular complexity index is 1060. The van der Waals surface area contributed by atoms with E-state index >= 15 is 0 Å². The number of benzene rings is 2. The van der Waals surface area contributed by atoms with Gasteiger partial charge in [-0.1, -0.05) is 18.2 Å². The average Bonchev–Trinajstić information content (AvgIpc) is 3.19. The molecule has 5 rings (SSSR count). The van der Waals surface area contributed by atoms with Crippen LogP contribution in [-0.2, 0) is 27.8 Å². The Morgan fingerprint density at radius 3 is 2.42 bits per heavy atom. The number of halogens is 2. The van der Waals surface area contributed by atoms with Crippen molar-refractivity contribution >= 4 is 34.5 Å². The van der Waals surface area contributed by atoms with E-state index in [1.54, 1.807) is 0 Å². The fraction of sp³-hybridized carbons (Fsp3) is 0.481. The van der Waals surface area contributed by atoms with Crippen LogP contribution in [-0.4, -0.2) is 34.5 Å². The average molecular weight is 561 g/mol. The Balaban J connectivity index is 1.45. The molecule has 3 aliphatic rings. The number of carboxylic acid groups (broad SMARTS) is 1. The number of carboxylic acids is 1. The highest BCUT2D eigenvalue weighted by molar-refractivity contribution is 14.1. The molecule has 2 aromatic rings. The molecule has 2 aliphatic carbocycles. The van der Waals surface area contributed by atoms with E-state index in [0.717, 1.165) is 37.8 Å². The Morgan fingerprint density at radius 2 is 1.73 bits per heavy atom. The molecule has 0 radical (unpaired) electrons. The zero-order valence-electron chi connectivity index (χ0n) is 18.6. The van der Waals surface area contributed by atoms with Crippen LogP contribution in [0.5, 0.6) is 0 Å². The van der Waals surface area contributed by atoms with Crippen molar-refractivity contribution in [2.45, 2.75) is 62.8 Å². The number of carbonyl (C=O) groups excluding carboxylic acids is 1. The Kier molecular flexibility index (Phi) is 6.23. The van der Waals surface area contributed by atoms with Gasteiger partial charge in [0.15, 0.2) is 0 Å². The number of nitrogens with zero attached hydrogens (tertiary/aromatic N) is 1. The number of aliphatic carboxylic acids is 1. The number of rotatable bonds is 4. The highest BCUT2D eigenvalue weighted by Crippen LogP contribution is 2.50. The molecule has 1 aliphatic heterocycles. The molecule has 1 saturated carbocycles. The SMILES string of the molecule is O=C(O)C1CCC(C(=O)N2CC[C@@]3(Cc4ccc(F)cc4)c4ccc(I)cc4CC[C@@H]23)CC1. The molecular formula is C27H29FINO3. The maximum Gasteiger partial charge on any atom is 0.306 e. The normalized spacial score (nSPS) is 28.8. The summed E-state index contributed by atoms with van der Waals surface area (Å²) >= 11 is 2.36. The summed E-state index contributed by atoms with van der Waals surface area (Å²) in [6, 6.07) is 13.6. The third-order valence-electron chi connectivity index (χ3n) is 8.25. The van der Waals surface area contributed by atoms with Crippen LogP contribution in [0, 0.1) is 21.2 Å². The minimum Gasteiger partial charge on any atom is -0.481 e. The summed E-state index contributed by atoms with van der Waals surface area (Å²) in [6.45, 7) is 0.731. The zero-order chi connectivity index (χ0) is 23.2. The number of aryl methyl sites for hydroxylation is 1. The molecule has 1 N–H and O–H groups in total. The Morgan fingerprint density at radius 1 is 1.03 bits per heavy atom. The minimum atomic E-state index is -0.737. The standard InChI is InChI=1S/C27H29FINO3/c28-21-8-1-17(2-9-21)16-27-13-14-30(25(31)18-3-5-19(6-4-18)26(32)33)24(27)12-7-20-15-22(29)10-11-23(20)27/h1-2,8-11,15,18-19,24H,3-7,12-14,16H2,(H,32,33)/t18?,19?,24-,27-/m1/s1. The van der Waals surface area contributed by atoms with Gasteiger partial charge in [0.1, 0.15) is 5.82 Å². The lowest BCUT2D eigenvalue weighted by Crippen LogP contribution is -2.50. The highest BCUT2D eigenvalue weighted by Gasteiger charge is 2.53. The van der Waals surface area contributed by atoms with Crippen LogP contribution in [0.1, 0.15) is 55.2 Å². The van der Waals surface area contributed by atoms with E-state index in [9.17, 15) is 19.1 Å². The molecule has 0 bridgehead atoms. The van der Waals surface area contributed by atoms with Crippen LogP contribution in [0.3, 0.4) is 0 Å². The van der Waals surface area contributed by atoms with Crippen LogP contribution in [0.15, 0.2) is 42.5 Å². The number of likely N-dealkylation sites (tertiary alicyclic amines) is 1. The maximum atomic E-state index is 13.7. The van der Waals surface area contributed by atoms with Gasteiger partial charge in [-0.05, 0) is 115 Å². The van der Waals surface area contributed by atoms with Crippen molar-refractivity contribution in [2.75, 3.05) is 6.54 Å². The van der Waals surface area contributed by atoms with Crippen LogP contribution in [0.4, 0.5) is 4.39 Å². The van der Waals surface area contributed by atoms with Crippen LogP contribution in [0.2, 0.25) is 0 Å². The lowest BCUT2D eigenvalue weighted by atomic mass is 9.64. The molecule has 6 heteroatoms. The molecule has 1 amide bonds. The number of fused-ring (bicyclic) bond motifs is 3. The summed E-state index contributed by atoms with van der Waals surface area (Å²) in [4.78, 5) is 27.1. The van der Waals surface area contributed by atoms with Crippen molar-refractivity contribution in [3.05, 3.63) is 68.5 Å². The first-order chi connectivity index (χ1) is 15.9. The van der Waals surface area contributed by atoms with Crippen molar-refractivity contribution in [1.29, 1.82) is 0 Å². The first kappa shape index (κ1) is 22.8. The molecule has 2 atom stereocenters. The molecular weight excluding hydrogens is 532 g/mol. The van der Waals surface area contributed by atoms with Crippen molar-refractivity contribution in [1.82, 2.24) is 4.90 Å². The zero-order valence-corrected chi connectivity index (χ0v) is 20.8.